The molecule has 0 aromatic heterocycles. The molecule has 0 N–H and O–H groups in total. The molecule has 0 nitrogen and oxygen atoms in total. The van der Waals surface area contributed by atoms with Gasteiger partial charge in [-0.3, -0.25) is 0 Å². The van der Waals surface area contributed by atoms with Crippen molar-refractivity contribution in [3.63, 3.8) is 0 Å². The van der Waals surface area contributed by atoms with Gasteiger partial charge in [-0.25, -0.2) is 0 Å². The van der Waals surface area contributed by atoms with Crippen LogP contribution < -0.4 is 0 Å². The van der Waals surface area contributed by atoms with Gasteiger partial charge in [0.1, 0.15) is 0 Å². The molecule has 0 radical (unpaired) electrons. The van der Waals surface area contributed by atoms with Gasteiger partial charge in [-0.2, -0.15) is 0 Å². The topological polar surface area (TPSA) is 0 Å². The van der Waals surface area contributed by atoms with Crippen LogP contribution in [0.2, 0.25) is 21.3 Å². The van der Waals surface area contributed by atoms with Gasteiger partial charge < -0.3 is 0 Å². The second-order valence-corrected chi connectivity index (χ2v) is 7.24. The van der Waals surface area contributed by atoms with Crippen LogP contribution >= 0.6 is 0 Å². The van der Waals surface area contributed by atoms with E-state index >= 15 is 0 Å². The second kappa shape index (κ2) is 8.04. The van der Waals surface area contributed by atoms with E-state index in [9.17, 15) is 0 Å². The minimum atomic E-state index is 0.983. The molecule has 8 heavy (non-hydrogen) atoms. The van der Waals surface area contributed by atoms with E-state index < -0.39 is 0 Å². The van der Waals surface area contributed by atoms with Crippen LogP contribution in [-0.2, 0) is 0 Å². The molecular formula is C6H14Se2. The van der Waals surface area contributed by atoms with Crippen LogP contribution in [0.25, 0.3) is 0 Å². The van der Waals surface area contributed by atoms with Crippen molar-refractivity contribution < 1.29 is 0 Å². The Balaban J connectivity index is 2.53. The van der Waals surface area contributed by atoms with E-state index in [1.807, 2.05) is 0 Å². The van der Waals surface area contributed by atoms with Gasteiger partial charge in [-0.1, -0.05) is 0 Å². The first-order valence-corrected chi connectivity index (χ1v) is 7.91. The molecule has 0 heterocycles. The van der Waals surface area contributed by atoms with Gasteiger partial charge in [0.15, 0.2) is 0 Å². The van der Waals surface area contributed by atoms with Crippen LogP contribution in [0, 0.1) is 0 Å². The molecule has 50 valence electrons. The van der Waals surface area contributed by atoms with Crippen LogP contribution in [0.1, 0.15) is 13.8 Å². The average Bonchev–Trinajstić information content (AvgIpc) is 1.81. The van der Waals surface area contributed by atoms with E-state index in [1.54, 1.807) is 0 Å². The third kappa shape index (κ3) is 7.04. The van der Waals surface area contributed by atoms with E-state index in [-0.39, 0.29) is 0 Å². The van der Waals surface area contributed by atoms with Gasteiger partial charge in [0, 0.05) is 0 Å². The molecule has 0 amide bonds. The van der Waals surface area contributed by atoms with Crippen LogP contribution in [0.4, 0.5) is 0 Å². The molecule has 0 aliphatic carbocycles. The maximum atomic E-state index is 2.29. The molecule has 0 rings (SSSR count). The van der Waals surface area contributed by atoms with Gasteiger partial charge in [-0.05, 0) is 0 Å². The van der Waals surface area contributed by atoms with Gasteiger partial charge in [-0.15, -0.1) is 0 Å². The molecule has 0 saturated carbocycles. The van der Waals surface area contributed by atoms with E-state index in [2.05, 4.69) is 13.8 Å². The summed E-state index contributed by atoms with van der Waals surface area (Å²) in [6.45, 7) is 4.58. The summed E-state index contributed by atoms with van der Waals surface area (Å²) in [5.74, 6) is 0. The van der Waals surface area contributed by atoms with Crippen LogP contribution in [0.15, 0.2) is 0 Å². The summed E-state index contributed by atoms with van der Waals surface area (Å²) in [6, 6.07) is 0. The Bertz CT molecular complexity index is 31.5. The zero-order chi connectivity index (χ0) is 6.24. The summed E-state index contributed by atoms with van der Waals surface area (Å²) >= 11 is 1.97. The SMILES string of the molecule is CC[Se]CC[Se]CC. The Morgan fingerprint density at radius 1 is 0.875 bits per heavy atom. The first-order valence-electron chi connectivity index (χ1n) is 3.07. The molecule has 0 aromatic rings. The molecule has 0 saturated heterocycles. The molecule has 0 atom stereocenters. The Labute approximate surface area is 65.1 Å². The second-order valence-electron chi connectivity index (χ2n) is 1.39. The predicted octanol–water partition coefficient (Wildman–Crippen LogP) is 2.11. The van der Waals surface area contributed by atoms with Crippen LogP contribution in [-0.4, -0.2) is 29.9 Å². The van der Waals surface area contributed by atoms with Crippen molar-refractivity contribution in [2.75, 3.05) is 0 Å². The fraction of sp³-hybridized carbons (Fsp3) is 1.00. The number of hydrogen-bond acceptors (Lipinski definition) is 0. The third-order valence-corrected chi connectivity index (χ3v) is 5.87. The van der Waals surface area contributed by atoms with E-state index in [0.717, 1.165) is 29.9 Å². The summed E-state index contributed by atoms with van der Waals surface area (Å²) in [5.41, 5.74) is 0. The van der Waals surface area contributed by atoms with E-state index in [4.69, 9.17) is 0 Å². The van der Waals surface area contributed by atoms with Crippen LogP contribution in [0.5, 0.6) is 0 Å². The normalized spacial score (nSPS) is 9.75. The van der Waals surface area contributed by atoms with Crippen LogP contribution in [0.3, 0.4) is 0 Å². The molecule has 0 fully saturated rings. The van der Waals surface area contributed by atoms with Crippen molar-refractivity contribution in [2.24, 2.45) is 0 Å². The van der Waals surface area contributed by atoms with Gasteiger partial charge >= 0.3 is 65.0 Å². The fourth-order valence-corrected chi connectivity index (χ4v) is 4.68. The minimum absolute atomic E-state index is 0.983. The Morgan fingerprint density at radius 3 is 1.50 bits per heavy atom. The van der Waals surface area contributed by atoms with Crippen molar-refractivity contribution in [2.45, 2.75) is 35.1 Å². The quantitative estimate of drug-likeness (QED) is 0.513. The summed E-state index contributed by atoms with van der Waals surface area (Å²) in [7, 11) is 0. The van der Waals surface area contributed by atoms with Crippen molar-refractivity contribution in [3.05, 3.63) is 0 Å². The Morgan fingerprint density at radius 2 is 1.25 bits per heavy atom. The van der Waals surface area contributed by atoms with Gasteiger partial charge in [0.25, 0.3) is 0 Å². The summed E-state index contributed by atoms with van der Waals surface area (Å²) in [4.78, 5) is 0. The molecule has 0 spiro atoms. The standard InChI is InChI=1S/C6H14Se2/c1-3-7-5-6-8-4-2/h3-6H2,1-2H3. The molecule has 0 bridgehead atoms. The van der Waals surface area contributed by atoms with Crippen molar-refractivity contribution >= 4 is 29.9 Å². The summed E-state index contributed by atoms with van der Waals surface area (Å²) in [5, 5.41) is 5.95. The Hall–Kier alpha value is 1.04. The average molecular weight is 244 g/mol. The van der Waals surface area contributed by atoms with Crippen molar-refractivity contribution in [3.8, 4) is 0 Å². The van der Waals surface area contributed by atoms with Gasteiger partial charge in [0.05, 0.1) is 0 Å². The van der Waals surface area contributed by atoms with E-state index in [1.165, 1.54) is 21.3 Å². The first kappa shape index (κ1) is 9.04. The zero-order valence-corrected chi connectivity index (χ0v) is 9.07. The first-order chi connectivity index (χ1) is 3.91. The monoisotopic (exact) mass is 246 g/mol. The number of hydrogen-bond donors (Lipinski definition) is 0. The van der Waals surface area contributed by atoms with Crippen molar-refractivity contribution in [1.82, 2.24) is 0 Å². The molecule has 2 heteroatoms. The Kier molecular flexibility index (Phi) is 9.08. The number of rotatable bonds is 5. The molecule has 0 aromatic carbocycles. The molecule has 0 unspecified atom stereocenters. The van der Waals surface area contributed by atoms with E-state index in [0.29, 0.717) is 0 Å². The third-order valence-electron chi connectivity index (χ3n) is 0.780. The molecule has 0 aliphatic rings. The predicted molar refractivity (Wildman–Crippen MR) is 42.1 cm³/mol. The van der Waals surface area contributed by atoms with Crippen molar-refractivity contribution in [1.29, 1.82) is 0 Å². The maximum absolute atomic E-state index is 2.29. The molecule has 0 aliphatic heterocycles. The zero-order valence-electron chi connectivity index (χ0n) is 5.64. The fourth-order valence-electron chi connectivity index (χ4n) is 0.407. The van der Waals surface area contributed by atoms with Gasteiger partial charge in [0.2, 0.25) is 0 Å². The molecular weight excluding hydrogens is 230 g/mol. The summed E-state index contributed by atoms with van der Waals surface area (Å²) in [6.07, 6.45) is 0. The summed E-state index contributed by atoms with van der Waals surface area (Å²) < 4.78 is 0.